The first-order valence-corrected chi connectivity index (χ1v) is 9.81. The maximum Gasteiger partial charge on any atom is 0.124 e. The Bertz CT molecular complexity index is 828. The Hall–Kier alpha value is -2.58. The largest absolute Gasteiger partial charge is 0.489 e. The number of aryl methyl sites for hydroxylation is 1. The molecule has 0 aromatic heterocycles. The van der Waals surface area contributed by atoms with Crippen molar-refractivity contribution in [3.05, 3.63) is 101 Å². The molecule has 0 aliphatic carbocycles. The molecule has 0 saturated heterocycles. The van der Waals surface area contributed by atoms with Gasteiger partial charge in [0.2, 0.25) is 0 Å². The maximum atomic E-state index is 6.16. The Kier molecular flexibility index (Phi) is 7.06. The van der Waals surface area contributed by atoms with Crippen molar-refractivity contribution < 1.29 is 4.74 Å². The van der Waals surface area contributed by atoms with Gasteiger partial charge in [-0.05, 0) is 36.1 Å². The van der Waals surface area contributed by atoms with Gasteiger partial charge in [0, 0.05) is 18.2 Å². The fraction of sp³-hybridized carbons (Fsp3) is 0.280. The zero-order valence-corrected chi connectivity index (χ0v) is 16.3. The van der Waals surface area contributed by atoms with Gasteiger partial charge in [0.05, 0.1) is 0 Å². The minimum Gasteiger partial charge on any atom is -0.489 e. The Labute approximate surface area is 163 Å². The van der Waals surface area contributed by atoms with Crippen LogP contribution in [0.3, 0.4) is 0 Å². The van der Waals surface area contributed by atoms with Gasteiger partial charge in [-0.2, -0.15) is 0 Å². The van der Waals surface area contributed by atoms with E-state index in [-0.39, 0.29) is 0 Å². The second-order valence-electron chi connectivity index (χ2n) is 6.96. The van der Waals surface area contributed by atoms with Gasteiger partial charge in [0.1, 0.15) is 12.4 Å². The number of hydrogen-bond acceptors (Lipinski definition) is 2. The van der Waals surface area contributed by atoms with Gasteiger partial charge >= 0.3 is 0 Å². The van der Waals surface area contributed by atoms with Crippen molar-refractivity contribution in [2.75, 3.05) is 0 Å². The van der Waals surface area contributed by atoms with Crippen LogP contribution < -0.4 is 10.1 Å². The number of nitrogens with one attached hydrogen (secondary N) is 1. The monoisotopic (exact) mass is 359 g/mol. The predicted molar refractivity (Wildman–Crippen MR) is 113 cm³/mol. The first-order valence-electron chi connectivity index (χ1n) is 9.81. The van der Waals surface area contributed by atoms with Crippen molar-refractivity contribution >= 4 is 0 Å². The van der Waals surface area contributed by atoms with E-state index in [4.69, 9.17) is 4.74 Å². The molecule has 0 radical (unpaired) electrons. The lowest BCUT2D eigenvalue weighted by molar-refractivity contribution is 0.300. The van der Waals surface area contributed by atoms with Crippen molar-refractivity contribution in [3.8, 4) is 5.75 Å². The highest BCUT2D eigenvalue weighted by Gasteiger charge is 2.11. The van der Waals surface area contributed by atoms with Crippen molar-refractivity contribution in [2.24, 2.45) is 0 Å². The van der Waals surface area contributed by atoms with Crippen LogP contribution in [0.2, 0.25) is 0 Å². The third-order valence-corrected chi connectivity index (χ3v) is 4.94. The SMILES string of the molecule is CCCC(NCc1ccccc1OCc1ccccc1C)c1ccccc1. The molecule has 0 aliphatic heterocycles. The van der Waals surface area contributed by atoms with E-state index in [0.717, 1.165) is 25.1 Å². The number of para-hydroxylation sites is 1. The lowest BCUT2D eigenvalue weighted by Crippen LogP contribution is -2.21. The summed E-state index contributed by atoms with van der Waals surface area (Å²) in [7, 11) is 0. The van der Waals surface area contributed by atoms with Gasteiger partial charge in [-0.25, -0.2) is 0 Å². The molecule has 3 aromatic carbocycles. The van der Waals surface area contributed by atoms with Crippen LogP contribution in [0.1, 0.15) is 48.1 Å². The number of rotatable bonds is 9. The molecule has 0 aliphatic rings. The first-order chi connectivity index (χ1) is 13.3. The molecule has 1 atom stereocenters. The van der Waals surface area contributed by atoms with Crippen molar-refractivity contribution in [1.29, 1.82) is 0 Å². The summed E-state index contributed by atoms with van der Waals surface area (Å²) < 4.78 is 6.16. The lowest BCUT2D eigenvalue weighted by Gasteiger charge is -2.20. The van der Waals surface area contributed by atoms with Crippen LogP contribution >= 0.6 is 0 Å². The fourth-order valence-electron chi connectivity index (χ4n) is 3.31. The Morgan fingerprint density at radius 2 is 1.48 bits per heavy atom. The summed E-state index contributed by atoms with van der Waals surface area (Å²) >= 11 is 0. The third-order valence-electron chi connectivity index (χ3n) is 4.94. The Morgan fingerprint density at radius 1 is 0.815 bits per heavy atom. The highest BCUT2D eigenvalue weighted by atomic mass is 16.5. The molecular formula is C25H29NO. The maximum absolute atomic E-state index is 6.16. The molecular weight excluding hydrogens is 330 g/mol. The summed E-state index contributed by atoms with van der Waals surface area (Å²) in [6, 6.07) is 27.8. The predicted octanol–water partition coefficient (Wildman–Crippen LogP) is 6.21. The summed E-state index contributed by atoms with van der Waals surface area (Å²) in [5.74, 6) is 0.955. The average molecular weight is 360 g/mol. The Morgan fingerprint density at radius 3 is 2.22 bits per heavy atom. The molecule has 0 bridgehead atoms. The van der Waals surface area contributed by atoms with E-state index >= 15 is 0 Å². The van der Waals surface area contributed by atoms with Crippen LogP contribution in [-0.4, -0.2) is 0 Å². The van der Waals surface area contributed by atoms with E-state index in [9.17, 15) is 0 Å². The van der Waals surface area contributed by atoms with Crippen LogP contribution in [-0.2, 0) is 13.2 Å². The summed E-state index contributed by atoms with van der Waals surface area (Å²) in [5, 5.41) is 3.72. The molecule has 2 heteroatoms. The van der Waals surface area contributed by atoms with Crippen molar-refractivity contribution in [2.45, 2.75) is 45.9 Å². The van der Waals surface area contributed by atoms with Crippen LogP contribution in [0.4, 0.5) is 0 Å². The summed E-state index contributed by atoms with van der Waals surface area (Å²) in [4.78, 5) is 0. The minimum atomic E-state index is 0.362. The molecule has 1 unspecified atom stereocenters. The minimum absolute atomic E-state index is 0.362. The van der Waals surface area contributed by atoms with E-state index < -0.39 is 0 Å². The zero-order valence-electron chi connectivity index (χ0n) is 16.3. The van der Waals surface area contributed by atoms with Crippen molar-refractivity contribution in [1.82, 2.24) is 5.32 Å². The van der Waals surface area contributed by atoms with Gasteiger partial charge in [-0.1, -0.05) is 86.1 Å². The van der Waals surface area contributed by atoms with Gasteiger partial charge in [-0.15, -0.1) is 0 Å². The van der Waals surface area contributed by atoms with Crippen LogP contribution in [0.25, 0.3) is 0 Å². The quantitative estimate of drug-likeness (QED) is 0.491. The van der Waals surface area contributed by atoms with E-state index in [2.05, 4.69) is 92.0 Å². The average Bonchev–Trinajstić information content (AvgIpc) is 2.72. The molecule has 0 fully saturated rings. The number of benzene rings is 3. The molecule has 140 valence electrons. The summed E-state index contributed by atoms with van der Waals surface area (Å²) in [6.45, 7) is 5.75. The van der Waals surface area contributed by atoms with Gasteiger partial charge in [-0.3, -0.25) is 0 Å². The van der Waals surface area contributed by atoms with Crippen molar-refractivity contribution in [3.63, 3.8) is 0 Å². The van der Waals surface area contributed by atoms with E-state index in [1.165, 1.54) is 22.3 Å². The van der Waals surface area contributed by atoms with Gasteiger partial charge < -0.3 is 10.1 Å². The lowest BCUT2D eigenvalue weighted by atomic mass is 10.0. The molecule has 3 aromatic rings. The summed E-state index contributed by atoms with van der Waals surface area (Å²) in [5.41, 5.74) is 5.04. The fourth-order valence-corrected chi connectivity index (χ4v) is 3.31. The van der Waals surface area contributed by atoms with E-state index in [0.29, 0.717) is 12.6 Å². The second-order valence-corrected chi connectivity index (χ2v) is 6.96. The van der Waals surface area contributed by atoms with Gasteiger partial charge in [0.25, 0.3) is 0 Å². The van der Waals surface area contributed by atoms with Gasteiger partial charge in [0.15, 0.2) is 0 Å². The second kappa shape index (κ2) is 9.94. The smallest absolute Gasteiger partial charge is 0.124 e. The van der Waals surface area contributed by atoms with Crippen LogP contribution in [0, 0.1) is 6.92 Å². The molecule has 0 spiro atoms. The number of ether oxygens (including phenoxy) is 1. The Balaban J connectivity index is 1.67. The molecule has 0 saturated carbocycles. The normalized spacial score (nSPS) is 11.9. The first kappa shape index (κ1) is 19.2. The van der Waals surface area contributed by atoms with Crippen LogP contribution in [0.5, 0.6) is 5.75 Å². The molecule has 1 N–H and O–H groups in total. The number of hydrogen-bond donors (Lipinski definition) is 1. The third kappa shape index (κ3) is 5.45. The van der Waals surface area contributed by atoms with E-state index in [1.54, 1.807) is 0 Å². The topological polar surface area (TPSA) is 21.3 Å². The summed E-state index contributed by atoms with van der Waals surface area (Å²) in [6.07, 6.45) is 2.27. The van der Waals surface area contributed by atoms with E-state index in [1.807, 2.05) is 6.07 Å². The molecule has 27 heavy (non-hydrogen) atoms. The zero-order chi connectivity index (χ0) is 18.9. The standard InChI is InChI=1S/C25H29NO/c1-3-11-24(21-13-5-4-6-14-21)26-18-22-15-9-10-17-25(22)27-19-23-16-8-7-12-20(23)2/h4-10,12-17,24,26H,3,11,18-19H2,1-2H3. The molecule has 0 heterocycles. The van der Waals surface area contributed by atoms with Crippen LogP contribution in [0.15, 0.2) is 78.9 Å². The molecule has 0 amide bonds. The highest BCUT2D eigenvalue weighted by Crippen LogP contribution is 2.23. The highest BCUT2D eigenvalue weighted by molar-refractivity contribution is 5.34. The molecule has 2 nitrogen and oxygen atoms in total. The molecule has 3 rings (SSSR count).